The van der Waals surface area contributed by atoms with Crippen LogP contribution in [0, 0.1) is 5.82 Å². The van der Waals surface area contributed by atoms with Gasteiger partial charge in [0.25, 0.3) is 0 Å². The van der Waals surface area contributed by atoms with Gasteiger partial charge in [-0.15, -0.1) is 0 Å². The molecule has 0 fully saturated rings. The SMILES string of the molecule is CC(NCCC(=O)NC(C)(C)C)c1cncc(F)c1. The standard InChI is InChI=1S/C14H22FN3O/c1-10(11-7-12(15)9-16-8-11)17-6-5-13(19)18-14(2,3)4/h7-10,17H,5-6H2,1-4H3,(H,18,19). The second kappa shape index (κ2) is 6.61. The molecule has 0 saturated heterocycles. The summed E-state index contributed by atoms with van der Waals surface area (Å²) in [6, 6.07) is 1.41. The van der Waals surface area contributed by atoms with Crippen LogP contribution in [0.5, 0.6) is 0 Å². The Kier molecular flexibility index (Phi) is 5.42. The Balaban J connectivity index is 2.35. The van der Waals surface area contributed by atoms with Crippen LogP contribution in [0.4, 0.5) is 4.39 Å². The number of carbonyl (C=O) groups is 1. The Morgan fingerprint density at radius 2 is 2.11 bits per heavy atom. The number of carbonyl (C=O) groups excluding carboxylic acids is 1. The largest absolute Gasteiger partial charge is 0.351 e. The molecule has 0 aromatic carbocycles. The Hall–Kier alpha value is -1.49. The van der Waals surface area contributed by atoms with Crippen LogP contribution in [0.25, 0.3) is 0 Å². The van der Waals surface area contributed by atoms with E-state index in [1.54, 1.807) is 6.20 Å². The fraction of sp³-hybridized carbons (Fsp3) is 0.571. The van der Waals surface area contributed by atoms with Gasteiger partial charge in [0.2, 0.25) is 5.91 Å². The maximum Gasteiger partial charge on any atom is 0.221 e. The van der Waals surface area contributed by atoms with Crippen LogP contribution in [-0.4, -0.2) is 23.0 Å². The van der Waals surface area contributed by atoms with E-state index in [1.165, 1.54) is 12.3 Å². The lowest BCUT2D eigenvalue weighted by Crippen LogP contribution is -2.41. The van der Waals surface area contributed by atoms with Crippen molar-refractivity contribution in [3.05, 3.63) is 29.8 Å². The first kappa shape index (κ1) is 15.6. The molecule has 1 rings (SSSR count). The molecule has 0 bridgehead atoms. The molecular weight excluding hydrogens is 245 g/mol. The van der Waals surface area contributed by atoms with Crippen LogP contribution >= 0.6 is 0 Å². The van der Waals surface area contributed by atoms with Crippen molar-refractivity contribution in [2.45, 2.75) is 45.7 Å². The Labute approximate surface area is 113 Å². The number of pyridine rings is 1. The topological polar surface area (TPSA) is 54.0 Å². The van der Waals surface area contributed by atoms with Crippen molar-refractivity contribution in [1.29, 1.82) is 0 Å². The molecule has 5 heteroatoms. The van der Waals surface area contributed by atoms with Gasteiger partial charge in [-0.3, -0.25) is 9.78 Å². The van der Waals surface area contributed by atoms with Gasteiger partial charge in [0.05, 0.1) is 6.20 Å². The fourth-order valence-corrected chi connectivity index (χ4v) is 1.67. The van der Waals surface area contributed by atoms with E-state index in [4.69, 9.17) is 0 Å². The first-order valence-electron chi connectivity index (χ1n) is 6.43. The van der Waals surface area contributed by atoms with Gasteiger partial charge in [0, 0.05) is 30.7 Å². The van der Waals surface area contributed by atoms with Gasteiger partial charge >= 0.3 is 0 Å². The molecule has 0 radical (unpaired) electrons. The predicted molar refractivity (Wildman–Crippen MR) is 73.1 cm³/mol. The molecule has 1 unspecified atom stereocenters. The molecule has 0 aliphatic rings. The highest BCUT2D eigenvalue weighted by atomic mass is 19.1. The maximum absolute atomic E-state index is 13.0. The quantitative estimate of drug-likeness (QED) is 0.859. The van der Waals surface area contributed by atoms with Crippen molar-refractivity contribution in [3.8, 4) is 0 Å². The zero-order valence-corrected chi connectivity index (χ0v) is 12.0. The normalized spacial score (nSPS) is 13.1. The minimum absolute atomic E-state index is 0.00423. The van der Waals surface area contributed by atoms with Crippen molar-refractivity contribution >= 4 is 5.91 Å². The predicted octanol–water partition coefficient (Wildman–Crippen LogP) is 2.18. The van der Waals surface area contributed by atoms with Crippen LogP contribution in [-0.2, 0) is 4.79 Å². The van der Waals surface area contributed by atoms with E-state index in [0.29, 0.717) is 13.0 Å². The minimum atomic E-state index is -0.350. The van der Waals surface area contributed by atoms with E-state index >= 15 is 0 Å². The summed E-state index contributed by atoms with van der Waals surface area (Å²) in [6.45, 7) is 8.29. The van der Waals surface area contributed by atoms with Crippen LogP contribution in [0.3, 0.4) is 0 Å². The molecule has 0 spiro atoms. The van der Waals surface area contributed by atoms with E-state index in [9.17, 15) is 9.18 Å². The van der Waals surface area contributed by atoms with Gasteiger partial charge < -0.3 is 10.6 Å². The summed E-state index contributed by atoms with van der Waals surface area (Å²) >= 11 is 0. The van der Waals surface area contributed by atoms with Gasteiger partial charge in [-0.1, -0.05) is 0 Å². The molecule has 19 heavy (non-hydrogen) atoms. The average Bonchev–Trinajstić information content (AvgIpc) is 2.26. The molecule has 1 aromatic heterocycles. The summed E-state index contributed by atoms with van der Waals surface area (Å²) in [6.07, 6.45) is 3.19. The molecule has 1 atom stereocenters. The van der Waals surface area contributed by atoms with Gasteiger partial charge in [0.1, 0.15) is 5.82 Å². The third-order valence-electron chi connectivity index (χ3n) is 2.54. The molecular formula is C14H22FN3O. The first-order valence-corrected chi connectivity index (χ1v) is 6.43. The number of halogens is 1. The molecule has 1 amide bonds. The van der Waals surface area contributed by atoms with Crippen molar-refractivity contribution in [2.24, 2.45) is 0 Å². The minimum Gasteiger partial charge on any atom is -0.351 e. The van der Waals surface area contributed by atoms with Crippen molar-refractivity contribution < 1.29 is 9.18 Å². The van der Waals surface area contributed by atoms with Crippen LogP contribution in [0.1, 0.15) is 45.7 Å². The smallest absolute Gasteiger partial charge is 0.221 e. The van der Waals surface area contributed by atoms with Crippen molar-refractivity contribution in [2.75, 3.05) is 6.54 Å². The highest BCUT2D eigenvalue weighted by molar-refractivity contribution is 5.76. The summed E-state index contributed by atoms with van der Waals surface area (Å²) in [5.41, 5.74) is 0.561. The number of nitrogens with zero attached hydrogens (tertiary/aromatic N) is 1. The molecule has 1 heterocycles. The van der Waals surface area contributed by atoms with Gasteiger partial charge in [-0.05, 0) is 39.3 Å². The number of nitrogens with one attached hydrogen (secondary N) is 2. The summed E-state index contributed by atoms with van der Waals surface area (Å²) in [5, 5.41) is 6.07. The molecule has 0 aliphatic heterocycles. The second-order valence-corrected chi connectivity index (χ2v) is 5.66. The van der Waals surface area contributed by atoms with Crippen LogP contribution in [0.2, 0.25) is 0 Å². The van der Waals surface area contributed by atoms with Crippen molar-refractivity contribution in [3.63, 3.8) is 0 Å². The average molecular weight is 267 g/mol. The van der Waals surface area contributed by atoms with Crippen molar-refractivity contribution in [1.82, 2.24) is 15.6 Å². The highest BCUT2D eigenvalue weighted by Gasteiger charge is 2.13. The monoisotopic (exact) mass is 267 g/mol. The highest BCUT2D eigenvalue weighted by Crippen LogP contribution is 2.11. The third kappa shape index (κ3) is 6.29. The number of amides is 1. The molecule has 106 valence electrons. The van der Waals surface area contributed by atoms with Crippen LogP contribution in [0.15, 0.2) is 18.5 Å². The van der Waals surface area contributed by atoms with E-state index in [0.717, 1.165) is 5.56 Å². The summed E-state index contributed by atoms with van der Waals surface area (Å²) < 4.78 is 13.0. The first-order chi connectivity index (χ1) is 8.78. The number of hydrogen-bond donors (Lipinski definition) is 2. The molecule has 0 aliphatic carbocycles. The fourth-order valence-electron chi connectivity index (χ4n) is 1.67. The van der Waals surface area contributed by atoms with Gasteiger partial charge in [-0.25, -0.2) is 4.39 Å². The molecule has 2 N–H and O–H groups in total. The van der Waals surface area contributed by atoms with E-state index in [-0.39, 0.29) is 23.3 Å². The number of hydrogen-bond acceptors (Lipinski definition) is 3. The Bertz CT molecular complexity index is 429. The van der Waals surface area contributed by atoms with E-state index in [1.807, 2.05) is 27.7 Å². The zero-order valence-electron chi connectivity index (χ0n) is 12.0. The lowest BCUT2D eigenvalue weighted by molar-refractivity contribution is -0.122. The summed E-state index contributed by atoms with van der Waals surface area (Å²) in [4.78, 5) is 15.4. The third-order valence-corrected chi connectivity index (χ3v) is 2.54. The zero-order chi connectivity index (χ0) is 14.5. The maximum atomic E-state index is 13.0. The van der Waals surface area contributed by atoms with E-state index in [2.05, 4.69) is 15.6 Å². The summed E-state index contributed by atoms with van der Waals surface area (Å²) in [5.74, 6) is -0.346. The Morgan fingerprint density at radius 1 is 1.42 bits per heavy atom. The van der Waals surface area contributed by atoms with Gasteiger partial charge in [-0.2, -0.15) is 0 Å². The van der Waals surface area contributed by atoms with E-state index < -0.39 is 0 Å². The lowest BCUT2D eigenvalue weighted by atomic mass is 10.1. The lowest BCUT2D eigenvalue weighted by Gasteiger charge is -2.21. The molecule has 0 saturated carbocycles. The number of rotatable bonds is 5. The molecule has 1 aromatic rings. The van der Waals surface area contributed by atoms with Gasteiger partial charge in [0.15, 0.2) is 0 Å². The van der Waals surface area contributed by atoms with Crippen LogP contribution < -0.4 is 10.6 Å². The number of aromatic nitrogens is 1. The Morgan fingerprint density at radius 3 is 2.68 bits per heavy atom. The summed E-state index contributed by atoms with van der Waals surface area (Å²) in [7, 11) is 0. The molecule has 4 nitrogen and oxygen atoms in total. The second-order valence-electron chi connectivity index (χ2n) is 5.66.